The molecule has 1 unspecified atom stereocenters. The number of aliphatic hydroxyl groups is 2. The summed E-state index contributed by atoms with van der Waals surface area (Å²) < 4.78 is 0. The lowest BCUT2D eigenvalue weighted by atomic mass is 9.89. The molecular weight excluding hydrogens is 446 g/mol. The molecule has 3 N–H and O–H groups in total. The third-order valence-corrected chi connectivity index (χ3v) is 7.19. The Kier molecular flexibility index (Phi) is 9.62. The zero-order valence-electron chi connectivity index (χ0n) is 21.1. The minimum atomic E-state index is -1.15. The number of benzene rings is 1. The van der Waals surface area contributed by atoms with Gasteiger partial charge in [0.2, 0.25) is 0 Å². The van der Waals surface area contributed by atoms with Crippen LogP contribution in [-0.2, 0) is 6.42 Å². The number of hydrogen-bond acceptors (Lipinski definition) is 5. The summed E-state index contributed by atoms with van der Waals surface area (Å²) in [6, 6.07) is 6.43. The van der Waals surface area contributed by atoms with E-state index < -0.39 is 11.8 Å². The third kappa shape index (κ3) is 7.85. The molecule has 1 aromatic rings. The largest absolute Gasteiger partial charge is 0.378 e. The topological polar surface area (TPSA) is 68.1 Å². The number of hydrogen-bond donors (Lipinski definition) is 3. The van der Waals surface area contributed by atoms with Gasteiger partial charge in [-0.15, -0.1) is 0 Å². The Labute approximate surface area is 210 Å². The fraction of sp³-hybridized carbons (Fsp3) is 0.607. The number of nitrogens with one attached hydrogen (secondary N) is 1. The standard InChI is InChI=1S/C28H40ClN3O2/c1-20-10-8-13-23(21(20)2)14-9-17-32-19-24(25(31-27(32)29)15-16-28(3,4)34)26(33)30-18-22-11-6-5-7-12-22/h8,10,13,22,26,30,33-34H,5-7,9,11-12,14,17-19H2,1-4H3. The number of allylic oxidation sites excluding steroid dienone is 1. The van der Waals surface area contributed by atoms with E-state index in [1.807, 2.05) is 4.90 Å². The Bertz CT molecular complexity index is 962. The SMILES string of the molecule is Cc1cccc(CCCN2CC(C(O)NCC3CCCCC3)=C(C#CC(C)(C)O)N=C2Cl)c1C. The van der Waals surface area contributed by atoms with E-state index in [1.165, 1.54) is 48.8 Å². The van der Waals surface area contributed by atoms with Gasteiger partial charge in [-0.05, 0) is 93.5 Å². The maximum Gasteiger partial charge on any atom is 0.200 e. The second-order valence-corrected chi connectivity index (χ2v) is 10.6. The Morgan fingerprint density at radius 3 is 2.68 bits per heavy atom. The molecule has 1 atom stereocenters. The van der Waals surface area contributed by atoms with Gasteiger partial charge in [0.15, 0.2) is 5.29 Å². The molecule has 1 aliphatic carbocycles. The maximum absolute atomic E-state index is 11.0. The van der Waals surface area contributed by atoms with E-state index in [0.717, 1.165) is 25.9 Å². The van der Waals surface area contributed by atoms with Crippen molar-refractivity contribution in [3.8, 4) is 11.8 Å². The Balaban J connectivity index is 1.69. The molecule has 186 valence electrons. The van der Waals surface area contributed by atoms with Crippen molar-refractivity contribution in [1.82, 2.24) is 10.2 Å². The summed E-state index contributed by atoms with van der Waals surface area (Å²) in [5.41, 5.74) is 4.01. The zero-order valence-corrected chi connectivity index (χ0v) is 21.9. The molecule has 0 saturated heterocycles. The van der Waals surface area contributed by atoms with Gasteiger partial charge in [0, 0.05) is 25.2 Å². The van der Waals surface area contributed by atoms with Crippen LogP contribution in [0.1, 0.15) is 69.1 Å². The Hall–Kier alpha value is -1.84. The van der Waals surface area contributed by atoms with E-state index in [2.05, 4.69) is 54.2 Å². The van der Waals surface area contributed by atoms with Crippen LogP contribution < -0.4 is 5.32 Å². The van der Waals surface area contributed by atoms with Crippen molar-refractivity contribution in [1.29, 1.82) is 0 Å². The Morgan fingerprint density at radius 1 is 1.24 bits per heavy atom. The first-order chi connectivity index (χ1) is 16.1. The lowest BCUT2D eigenvalue weighted by Gasteiger charge is -2.31. The van der Waals surface area contributed by atoms with Crippen LogP contribution in [-0.4, -0.2) is 51.9 Å². The zero-order chi connectivity index (χ0) is 24.7. The van der Waals surface area contributed by atoms with Crippen LogP contribution in [0, 0.1) is 31.6 Å². The molecule has 3 rings (SSSR count). The number of aryl methyl sites for hydroxylation is 2. The summed E-state index contributed by atoms with van der Waals surface area (Å²) in [5.74, 6) is 6.37. The molecule has 1 aliphatic heterocycles. The highest BCUT2D eigenvalue weighted by Gasteiger charge is 2.26. The first-order valence-electron chi connectivity index (χ1n) is 12.6. The van der Waals surface area contributed by atoms with Gasteiger partial charge < -0.3 is 15.1 Å². The normalized spacial score (nSPS) is 18.4. The highest BCUT2D eigenvalue weighted by atomic mass is 35.5. The summed E-state index contributed by atoms with van der Waals surface area (Å²) in [6.45, 7) is 9.55. The predicted molar refractivity (Wildman–Crippen MR) is 141 cm³/mol. The average Bonchev–Trinajstić information content (AvgIpc) is 2.80. The van der Waals surface area contributed by atoms with Crippen LogP contribution in [0.25, 0.3) is 0 Å². The van der Waals surface area contributed by atoms with E-state index in [4.69, 9.17) is 11.6 Å². The summed E-state index contributed by atoms with van der Waals surface area (Å²) in [5, 5.41) is 24.8. The van der Waals surface area contributed by atoms with Crippen molar-refractivity contribution in [2.24, 2.45) is 10.9 Å². The minimum Gasteiger partial charge on any atom is -0.378 e. The first kappa shape index (κ1) is 26.8. The van der Waals surface area contributed by atoms with Crippen LogP contribution in [0.4, 0.5) is 0 Å². The van der Waals surface area contributed by atoms with Gasteiger partial charge in [-0.3, -0.25) is 5.32 Å². The predicted octanol–water partition coefficient (Wildman–Crippen LogP) is 4.66. The van der Waals surface area contributed by atoms with Gasteiger partial charge in [0.1, 0.15) is 17.5 Å². The number of nitrogens with zero attached hydrogens (tertiary/aromatic N) is 2. The fourth-order valence-electron chi connectivity index (χ4n) is 4.62. The van der Waals surface area contributed by atoms with E-state index in [0.29, 0.717) is 29.0 Å². The second-order valence-electron chi connectivity index (χ2n) is 10.3. The van der Waals surface area contributed by atoms with E-state index in [1.54, 1.807) is 13.8 Å². The number of aliphatic imine (C=N–C) groups is 1. The molecule has 0 aromatic heterocycles. The average molecular weight is 486 g/mol. The summed E-state index contributed by atoms with van der Waals surface area (Å²) >= 11 is 6.54. The van der Waals surface area contributed by atoms with Crippen molar-refractivity contribution in [3.63, 3.8) is 0 Å². The van der Waals surface area contributed by atoms with Crippen LogP contribution in [0.5, 0.6) is 0 Å². The van der Waals surface area contributed by atoms with Crippen molar-refractivity contribution in [3.05, 3.63) is 46.2 Å². The molecule has 34 heavy (non-hydrogen) atoms. The van der Waals surface area contributed by atoms with Crippen LogP contribution in [0.15, 0.2) is 34.5 Å². The monoisotopic (exact) mass is 485 g/mol. The van der Waals surface area contributed by atoms with Crippen LogP contribution in [0.3, 0.4) is 0 Å². The van der Waals surface area contributed by atoms with Crippen molar-refractivity contribution in [2.45, 2.75) is 84.5 Å². The molecule has 2 aliphatic rings. The van der Waals surface area contributed by atoms with E-state index in [9.17, 15) is 10.2 Å². The molecular formula is C28H40ClN3O2. The quantitative estimate of drug-likeness (QED) is 0.284. The maximum atomic E-state index is 11.0. The molecule has 0 radical (unpaired) electrons. The smallest absolute Gasteiger partial charge is 0.200 e. The number of amidine groups is 1. The lowest BCUT2D eigenvalue weighted by Crippen LogP contribution is -2.42. The highest BCUT2D eigenvalue weighted by molar-refractivity contribution is 6.64. The Morgan fingerprint density at radius 2 is 1.97 bits per heavy atom. The van der Waals surface area contributed by atoms with Crippen molar-refractivity contribution in [2.75, 3.05) is 19.6 Å². The van der Waals surface area contributed by atoms with Crippen LogP contribution >= 0.6 is 11.6 Å². The van der Waals surface area contributed by atoms with Gasteiger partial charge in [-0.1, -0.05) is 43.4 Å². The first-order valence-corrected chi connectivity index (χ1v) is 13.0. The van der Waals surface area contributed by atoms with Gasteiger partial charge in [0.25, 0.3) is 0 Å². The van der Waals surface area contributed by atoms with Gasteiger partial charge >= 0.3 is 0 Å². The fourth-order valence-corrected chi connectivity index (χ4v) is 4.85. The van der Waals surface area contributed by atoms with E-state index >= 15 is 0 Å². The minimum absolute atomic E-state index is 0.379. The van der Waals surface area contributed by atoms with Gasteiger partial charge in [-0.2, -0.15) is 0 Å². The van der Waals surface area contributed by atoms with Gasteiger partial charge in [0.05, 0.1) is 0 Å². The molecule has 1 fully saturated rings. The number of aliphatic hydroxyl groups excluding tert-OH is 1. The number of halogens is 1. The lowest BCUT2D eigenvalue weighted by molar-refractivity contribution is 0.143. The third-order valence-electron chi connectivity index (χ3n) is 6.86. The molecule has 0 amide bonds. The molecule has 5 nitrogen and oxygen atoms in total. The van der Waals surface area contributed by atoms with Crippen molar-refractivity contribution >= 4 is 16.9 Å². The second kappa shape index (κ2) is 12.2. The molecule has 1 heterocycles. The highest BCUT2D eigenvalue weighted by Crippen LogP contribution is 2.25. The summed E-state index contributed by atoms with van der Waals surface area (Å²) in [6.07, 6.45) is 7.30. The molecule has 1 saturated carbocycles. The molecule has 1 aromatic carbocycles. The number of rotatable bonds is 8. The summed E-state index contributed by atoms with van der Waals surface area (Å²) in [7, 11) is 0. The van der Waals surface area contributed by atoms with Gasteiger partial charge in [-0.25, -0.2) is 4.99 Å². The molecule has 0 spiro atoms. The van der Waals surface area contributed by atoms with Crippen molar-refractivity contribution < 1.29 is 10.2 Å². The summed E-state index contributed by atoms with van der Waals surface area (Å²) in [4.78, 5) is 6.53. The molecule has 0 bridgehead atoms. The molecule has 6 heteroatoms. The van der Waals surface area contributed by atoms with Crippen LogP contribution in [0.2, 0.25) is 0 Å². The van der Waals surface area contributed by atoms with E-state index in [-0.39, 0.29) is 0 Å².